The normalized spacial score (nSPS) is 25.9. The summed E-state index contributed by atoms with van der Waals surface area (Å²) in [4.78, 5) is 21.9. The number of hydrogen-bond acceptors (Lipinski definition) is 3. The summed E-state index contributed by atoms with van der Waals surface area (Å²) in [5.74, 6) is 2.97. The number of benzene rings is 1. The summed E-state index contributed by atoms with van der Waals surface area (Å²) in [5, 5.41) is 6.17. The number of carbonyl (C=O) groups excluding carboxylic acids is 1. The highest BCUT2D eigenvalue weighted by Crippen LogP contribution is 2.46. The molecular weight excluding hydrogens is 501 g/mol. The Morgan fingerprint density at radius 3 is 2.61 bits per heavy atom. The first kappa shape index (κ1) is 24.3. The van der Waals surface area contributed by atoms with E-state index in [0.717, 1.165) is 75.1 Å². The summed E-state index contributed by atoms with van der Waals surface area (Å²) >= 11 is 0. The van der Waals surface area contributed by atoms with Gasteiger partial charge in [-0.1, -0.05) is 18.6 Å². The van der Waals surface area contributed by atoms with E-state index in [1.165, 1.54) is 25.7 Å². The molecule has 3 atom stereocenters. The maximum Gasteiger partial charge on any atom is 0.251 e. The largest absolute Gasteiger partial charge is 0.357 e. The Hall–Kier alpha value is -1.35. The lowest BCUT2D eigenvalue weighted by Gasteiger charge is -2.42. The van der Waals surface area contributed by atoms with Crippen LogP contribution in [-0.4, -0.2) is 74.0 Å². The Kier molecular flexibility index (Phi) is 9.01. The Morgan fingerprint density at radius 1 is 1.16 bits per heavy atom. The number of guanidine groups is 1. The Balaban J connectivity index is 0.00000272. The molecule has 3 unspecified atom stereocenters. The minimum atomic E-state index is -0.0398. The van der Waals surface area contributed by atoms with Crippen LogP contribution in [0.3, 0.4) is 0 Å². The second kappa shape index (κ2) is 11.5. The van der Waals surface area contributed by atoms with Gasteiger partial charge in [0, 0.05) is 57.9 Å². The average molecular weight is 540 g/mol. The van der Waals surface area contributed by atoms with Crippen LogP contribution in [0.25, 0.3) is 0 Å². The fraction of sp³-hybridized carbons (Fsp3) is 0.667. The molecule has 1 aromatic rings. The van der Waals surface area contributed by atoms with Crippen LogP contribution in [0.4, 0.5) is 0 Å². The summed E-state index contributed by atoms with van der Waals surface area (Å²) in [6.45, 7) is 8.19. The van der Waals surface area contributed by atoms with Crippen LogP contribution in [0, 0.1) is 11.8 Å². The third kappa shape index (κ3) is 5.92. The van der Waals surface area contributed by atoms with Crippen LogP contribution in [-0.2, 0) is 6.42 Å². The molecule has 3 aliphatic rings. The summed E-state index contributed by atoms with van der Waals surface area (Å²) in [6.07, 6.45) is 6.69. The Morgan fingerprint density at radius 2 is 1.97 bits per heavy atom. The quantitative estimate of drug-likeness (QED) is 0.332. The first-order chi connectivity index (χ1) is 14.7. The van der Waals surface area contributed by atoms with Crippen molar-refractivity contribution in [1.82, 2.24) is 20.4 Å². The van der Waals surface area contributed by atoms with Gasteiger partial charge in [-0.25, -0.2) is 0 Å². The number of fused-ring (bicyclic) bond motifs is 2. The van der Waals surface area contributed by atoms with Crippen LogP contribution >= 0.6 is 24.0 Å². The van der Waals surface area contributed by atoms with Crippen LogP contribution in [0.1, 0.15) is 48.5 Å². The van der Waals surface area contributed by atoms with Gasteiger partial charge in [0.1, 0.15) is 0 Å². The minimum Gasteiger partial charge on any atom is -0.357 e. The zero-order valence-corrected chi connectivity index (χ0v) is 21.3. The van der Waals surface area contributed by atoms with E-state index in [1.807, 2.05) is 18.2 Å². The third-order valence-corrected chi connectivity index (χ3v) is 7.20. The van der Waals surface area contributed by atoms with E-state index in [1.54, 1.807) is 7.05 Å². The third-order valence-electron chi connectivity index (χ3n) is 7.20. The van der Waals surface area contributed by atoms with Crippen molar-refractivity contribution in [3.63, 3.8) is 0 Å². The maximum absolute atomic E-state index is 11.8. The standard InChI is InChI=1S/C24H37N5O.HI/c1-3-26-24(27-10-9-18-5-4-6-21(15-18)23(30)25-2)29-13-11-28(12-14-29)22-17-19-7-8-20(22)16-19;/h4-6,15,19-20,22H,3,7-14,16-17H2,1-2H3,(H,25,30)(H,26,27);1H. The number of carbonyl (C=O) groups is 1. The van der Waals surface area contributed by atoms with Crippen molar-refractivity contribution in [1.29, 1.82) is 0 Å². The van der Waals surface area contributed by atoms with Gasteiger partial charge in [-0.3, -0.25) is 14.7 Å². The molecule has 2 bridgehead atoms. The number of hydrogen-bond donors (Lipinski definition) is 2. The number of piperazine rings is 1. The van der Waals surface area contributed by atoms with Crippen molar-refractivity contribution in [2.75, 3.05) is 46.3 Å². The molecule has 3 fully saturated rings. The summed E-state index contributed by atoms with van der Waals surface area (Å²) in [5.41, 5.74) is 1.86. The SMILES string of the molecule is CCNC(=NCCc1cccc(C(=O)NC)c1)N1CCN(C2CC3CCC2C3)CC1.I. The van der Waals surface area contributed by atoms with E-state index in [9.17, 15) is 4.79 Å². The van der Waals surface area contributed by atoms with Gasteiger partial charge in [-0.2, -0.15) is 0 Å². The molecule has 1 amide bonds. The highest BCUT2D eigenvalue weighted by Gasteiger charge is 2.42. The maximum atomic E-state index is 11.8. The minimum absolute atomic E-state index is 0. The van der Waals surface area contributed by atoms with Crippen molar-refractivity contribution >= 4 is 35.8 Å². The van der Waals surface area contributed by atoms with E-state index >= 15 is 0 Å². The number of amides is 1. The predicted molar refractivity (Wildman–Crippen MR) is 137 cm³/mol. The molecule has 2 aliphatic carbocycles. The zero-order valence-electron chi connectivity index (χ0n) is 19.0. The van der Waals surface area contributed by atoms with E-state index < -0.39 is 0 Å². The van der Waals surface area contributed by atoms with Crippen molar-refractivity contribution < 1.29 is 4.79 Å². The first-order valence-corrected chi connectivity index (χ1v) is 11.8. The summed E-state index contributed by atoms with van der Waals surface area (Å²) < 4.78 is 0. The van der Waals surface area contributed by atoms with Crippen LogP contribution in [0.15, 0.2) is 29.3 Å². The molecule has 0 radical (unpaired) electrons. The molecule has 4 rings (SSSR count). The second-order valence-electron chi connectivity index (χ2n) is 9.03. The molecule has 6 nitrogen and oxygen atoms in total. The van der Waals surface area contributed by atoms with Gasteiger partial charge in [0.25, 0.3) is 5.91 Å². The van der Waals surface area contributed by atoms with Gasteiger partial charge < -0.3 is 15.5 Å². The molecule has 7 heteroatoms. The first-order valence-electron chi connectivity index (χ1n) is 11.8. The molecule has 1 saturated heterocycles. The van der Waals surface area contributed by atoms with Crippen molar-refractivity contribution in [3.05, 3.63) is 35.4 Å². The number of nitrogens with one attached hydrogen (secondary N) is 2. The Bertz CT molecular complexity index is 762. The number of rotatable bonds is 6. The monoisotopic (exact) mass is 539 g/mol. The van der Waals surface area contributed by atoms with E-state index in [4.69, 9.17) is 4.99 Å². The zero-order chi connectivity index (χ0) is 20.9. The van der Waals surface area contributed by atoms with Crippen molar-refractivity contribution in [3.8, 4) is 0 Å². The lowest BCUT2D eigenvalue weighted by Crippen LogP contribution is -2.55. The summed E-state index contributed by atoms with van der Waals surface area (Å²) in [6, 6.07) is 8.69. The number of aliphatic imine (C=N–C) groups is 1. The molecule has 172 valence electrons. The van der Waals surface area contributed by atoms with Gasteiger partial charge in [-0.15, -0.1) is 24.0 Å². The molecule has 0 aromatic heterocycles. The highest BCUT2D eigenvalue weighted by molar-refractivity contribution is 14.0. The van der Waals surface area contributed by atoms with Crippen LogP contribution in [0.5, 0.6) is 0 Å². The van der Waals surface area contributed by atoms with Crippen LogP contribution < -0.4 is 10.6 Å². The predicted octanol–water partition coefficient (Wildman–Crippen LogP) is 2.98. The summed E-state index contributed by atoms with van der Waals surface area (Å²) in [7, 11) is 1.67. The molecule has 2 saturated carbocycles. The van der Waals surface area contributed by atoms with Crippen molar-refractivity contribution in [2.45, 2.75) is 45.1 Å². The van der Waals surface area contributed by atoms with E-state index in [2.05, 4.69) is 33.4 Å². The smallest absolute Gasteiger partial charge is 0.251 e. The average Bonchev–Trinajstić information content (AvgIpc) is 3.42. The molecule has 0 spiro atoms. The molecule has 1 heterocycles. The van der Waals surface area contributed by atoms with Gasteiger partial charge in [0.15, 0.2) is 5.96 Å². The van der Waals surface area contributed by atoms with Gasteiger partial charge in [0.05, 0.1) is 0 Å². The highest BCUT2D eigenvalue weighted by atomic mass is 127. The second-order valence-corrected chi connectivity index (χ2v) is 9.03. The fourth-order valence-electron chi connectivity index (χ4n) is 5.65. The topological polar surface area (TPSA) is 60.0 Å². The molecule has 1 aromatic carbocycles. The molecular formula is C24H38IN5O. The molecule has 2 N–H and O–H groups in total. The van der Waals surface area contributed by atoms with Gasteiger partial charge in [0.2, 0.25) is 0 Å². The van der Waals surface area contributed by atoms with Gasteiger partial charge >= 0.3 is 0 Å². The van der Waals surface area contributed by atoms with Gasteiger partial charge in [-0.05, 0) is 62.1 Å². The van der Waals surface area contributed by atoms with E-state index in [-0.39, 0.29) is 29.9 Å². The lowest BCUT2D eigenvalue weighted by molar-refractivity contribution is 0.0958. The molecule has 31 heavy (non-hydrogen) atoms. The molecule has 1 aliphatic heterocycles. The Labute approximate surface area is 204 Å². The number of nitrogens with zero attached hydrogens (tertiary/aromatic N) is 3. The number of halogens is 1. The van der Waals surface area contributed by atoms with Crippen LogP contribution in [0.2, 0.25) is 0 Å². The van der Waals surface area contributed by atoms with Crippen molar-refractivity contribution in [2.24, 2.45) is 16.8 Å². The van der Waals surface area contributed by atoms with E-state index in [0.29, 0.717) is 5.56 Å². The lowest BCUT2D eigenvalue weighted by atomic mass is 9.93. The fourth-order valence-corrected chi connectivity index (χ4v) is 5.65.